The van der Waals surface area contributed by atoms with Crippen molar-refractivity contribution in [1.29, 1.82) is 0 Å². The normalized spacial score (nSPS) is 13.9. The van der Waals surface area contributed by atoms with E-state index >= 15 is 0 Å². The summed E-state index contributed by atoms with van der Waals surface area (Å²) in [6.07, 6.45) is 1.62. The molecule has 2 aromatic heterocycles. The number of rotatable bonds is 6. The Morgan fingerprint density at radius 3 is 2.76 bits per heavy atom. The minimum atomic E-state index is -3.80. The number of hydrogen-bond donors (Lipinski definition) is 2. The lowest BCUT2D eigenvalue weighted by Crippen LogP contribution is -2.42. The van der Waals surface area contributed by atoms with Crippen LogP contribution < -0.4 is 10.5 Å². The molecule has 1 atom stereocenters. The van der Waals surface area contributed by atoms with Gasteiger partial charge in [0, 0.05) is 19.3 Å². The van der Waals surface area contributed by atoms with E-state index in [0.29, 0.717) is 5.65 Å². The summed E-state index contributed by atoms with van der Waals surface area (Å²) in [7, 11) is -2.26. The van der Waals surface area contributed by atoms with Crippen molar-refractivity contribution < 1.29 is 13.2 Å². The molecule has 0 aliphatic rings. The molecule has 0 spiro atoms. The Hall–Kier alpha value is -1.64. The van der Waals surface area contributed by atoms with Crippen molar-refractivity contribution >= 4 is 21.5 Å². The van der Waals surface area contributed by atoms with Gasteiger partial charge in [0.25, 0.3) is 10.0 Å². The van der Waals surface area contributed by atoms with Gasteiger partial charge in [-0.25, -0.2) is 18.1 Å². The number of methoxy groups -OCH3 is 1. The van der Waals surface area contributed by atoms with Gasteiger partial charge in [-0.05, 0) is 18.1 Å². The van der Waals surface area contributed by atoms with Crippen molar-refractivity contribution in [3.8, 4) is 0 Å². The molecule has 0 bridgehead atoms. The maximum atomic E-state index is 12.6. The van der Waals surface area contributed by atoms with Crippen molar-refractivity contribution in [2.45, 2.75) is 24.9 Å². The lowest BCUT2D eigenvalue weighted by molar-refractivity contribution is 0.157. The lowest BCUT2D eigenvalue weighted by Gasteiger charge is -2.21. The summed E-state index contributed by atoms with van der Waals surface area (Å²) < 4.78 is 34.4. The molecule has 1 unspecified atom stereocenters. The second-order valence-electron chi connectivity index (χ2n) is 5.16. The molecule has 3 N–H and O–H groups in total. The predicted octanol–water partition coefficient (Wildman–Crippen LogP) is 0.866. The Morgan fingerprint density at radius 1 is 1.43 bits per heavy atom. The summed E-state index contributed by atoms with van der Waals surface area (Å²) in [6.45, 7) is 4.13. The SMILES string of the molecule is COCC(NS(=O)(=O)c1c(N)nc2ccccn12)C(C)C. The Morgan fingerprint density at radius 2 is 2.14 bits per heavy atom. The number of ether oxygens (including phenoxy) is 1. The van der Waals surface area contributed by atoms with Crippen LogP contribution >= 0.6 is 0 Å². The number of nitrogens with one attached hydrogen (secondary N) is 1. The van der Waals surface area contributed by atoms with Gasteiger partial charge in [0.05, 0.1) is 6.61 Å². The first-order chi connectivity index (χ1) is 9.86. The first-order valence-corrected chi connectivity index (χ1v) is 8.09. The minimum Gasteiger partial charge on any atom is -0.383 e. The van der Waals surface area contributed by atoms with E-state index in [1.807, 2.05) is 13.8 Å². The van der Waals surface area contributed by atoms with Gasteiger partial charge < -0.3 is 10.5 Å². The number of pyridine rings is 1. The number of nitrogens with two attached hydrogens (primary N) is 1. The zero-order valence-electron chi connectivity index (χ0n) is 12.3. The molecule has 116 valence electrons. The average molecular weight is 312 g/mol. The monoisotopic (exact) mass is 312 g/mol. The van der Waals surface area contributed by atoms with E-state index in [4.69, 9.17) is 10.5 Å². The second-order valence-corrected chi connectivity index (χ2v) is 6.79. The summed E-state index contributed by atoms with van der Waals surface area (Å²) in [6, 6.07) is 4.86. The highest BCUT2D eigenvalue weighted by Gasteiger charge is 2.28. The van der Waals surface area contributed by atoms with Gasteiger partial charge in [0.1, 0.15) is 5.65 Å². The fraction of sp³-hybridized carbons (Fsp3) is 0.462. The number of sulfonamides is 1. The molecule has 0 amide bonds. The van der Waals surface area contributed by atoms with Gasteiger partial charge in [0.2, 0.25) is 0 Å². The van der Waals surface area contributed by atoms with Crippen LogP contribution in [0.3, 0.4) is 0 Å². The molecule has 7 nitrogen and oxygen atoms in total. The van der Waals surface area contributed by atoms with Crippen molar-refractivity contribution in [3.05, 3.63) is 24.4 Å². The van der Waals surface area contributed by atoms with Crippen molar-refractivity contribution in [2.24, 2.45) is 5.92 Å². The summed E-state index contributed by atoms with van der Waals surface area (Å²) in [5.41, 5.74) is 6.27. The van der Waals surface area contributed by atoms with Crippen LogP contribution in [-0.4, -0.2) is 37.6 Å². The quantitative estimate of drug-likeness (QED) is 0.824. The van der Waals surface area contributed by atoms with Crippen molar-refractivity contribution in [3.63, 3.8) is 0 Å². The molecule has 0 radical (unpaired) electrons. The third-order valence-electron chi connectivity index (χ3n) is 3.22. The third kappa shape index (κ3) is 3.17. The molecule has 0 aromatic carbocycles. The molecule has 8 heteroatoms. The molecule has 21 heavy (non-hydrogen) atoms. The molecule has 0 saturated heterocycles. The first kappa shape index (κ1) is 15.7. The van der Waals surface area contributed by atoms with E-state index in [1.54, 1.807) is 24.4 Å². The lowest BCUT2D eigenvalue weighted by atomic mass is 10.1. The van der Waals surface area contributed by atoms with Gasteiger partial charge in [0.15, 0.2) is 10.8 Å². The largest absolute Gasteiger partial charge is 0.383 e. The van der Waals surface area contributed by atoms with E-state index < -0.39 is 10.0 Å². The summed E-state index contributed by atoms with van der Waals surface area (Å²) in [5.74, 6) is 0.0637. The zero-order valence-corrected chi connectivity index (χ0v) is 13.1. The van der Waals surface area contributed by atoms with Crippen LogP contribution in [0.1, 0.15) is 13.8 Å². The van der Waals surface area contributed by atoms with Crippen molar-refractivity contribution in [1.82, 2.24) is 14.1 Å². The highest BCUT2D eigenvalue weighted by atomic mass is 32.2. The molecule has 2 heterocycles. The fourth-order valence-corrected chi connectivity index (χ4v) is 3.64. The number of anilines is 1. The molecule has 0 aliphatic heterocycles. The topological polar surface area (TPSA) is 98.7 Å². The van der Waals surface area contributed by atoms with Crippen molar-refractivity contribution in [2.75, 3.05) is 19.5 Å². The number of hydrogen-bond acceptors (Lipinski definition) is 5. The minimum absolute atomic E-state index is 0.0198. The molecule has 0 saturated carbocycles. The first-order valence-electron chi connectivity index (χ1n) is 6.60. The van der Waals surface area contributed by atoms with Crippen LogP contribution in [0.25, 0.3) is 5.65 Å². The van der Waals surface area contributed by atoms with Gasteiger partial charge in [-0.15, -0.1) is 0 Å². The average Bonchev–Trinajstić information content (AvgIpc) is 2.74. The Bertz CT molecular complexity index is 724. The third-order valence-corrected chi connectivity index (χ3v) is 4.75. The molecule has 0 aliphatic carbocycles. The Balaban J connectivity index is 2.44. The fourth-order valence-electron chi connectivity index (χ4n) is 2.06. The Labute approximate surface area is 124 Å². The number of nitrogens with zero attached hydrogens (tertiary/aromatic N) is 2. The van der Waals surface area contributed by atoms with Gasteiger partial charge in [-0.1, -0.05) is 19.9 Å². The number of fused-ring (bicyclic) bond motifs is 1. The highest BCUT2D eigenvalue weighted by molar-refractivity contribution is 7.89. The van der Waals surface area contributed by atoms with Crippen LogP contribution in [0.4, 0.5) is 5.82 Å². The number of aromatic nitrogens is 2. The standard InChI is InChI=1S/C13H20N4O3S/c1-9(2)10(8-20-3)16-21(18,19)13-12(14)15-11-6-4-5-7-17(11)13/h4-7,9-10,16H,8,14H2,1-3H3. The summed E-state index contributed by atoms with van der Waals surface area (Å²) in [4.78, 5) is 4.07. The van der Waals surface area contributed by atoms with Crippen LogP contribution in [0.2, 0.25) is 0 Å². The second kappa shape index (κ2) is 6.00. The van der Waals surface area contributed by atoms with E-state index in [-0.39, 0.29) is 29.4 Å². The predicted molar refractivity (Wildman–Crippen MR) is 80.4 cm³/mol. The molecular weight excluding hydrogens is 292 g/mol. The molecular formula is C13H20N4O3S. The van der Waals surface area contributed by atoms with Gasteiger partial charge in [-0.2, -0.15) is 0 Å². The van der Waals surface area contributed by atoms with Crippen LogP contribution in [0.15, 0.2) is 29.4 Å². The van der Waals surface area contributed by atoms with E-state index in [2.05, 4.69) is 9.71 Å². The maximum absolute atomic E-state index is 12.6. The van der Waals surface area contributed by atoms with E-state index in [9.17, 15) is 8.42 Å². The summed E-state index contributed by atoms with van der Waals surface area (Å²) >= 11 is 0. The maximum Gasteiger partial charge on any atom is 0.260 e. The van der Waals surface area contributed by atoms with Gasteiger partial charge in [-0.3, -0.25) is 4.40 Å². The smallest absolute Gasteiger partial charge is 0.260 e. The number of nitrogen functional groups attached to an aromatic ring is 1. The van der Waals surface area contributed by atoms with E-state index in [1.165, 1.54) is 11.5 Å². The van der Waals surface area contributed by atoms with Crippen LogP contribution in [-0.2, 0) is 14.8 Å². The molecule has 0 fully saturated rings. The molecule has 2 aromatic rings. The number of imidazole rings is 1. The van der Waals surface area contributed by atoms with Gasteiger partial charge >= 0.3 is 0 Å². The van der Waals surface area contributed by atoms with Crippen LogP contribution in [0.5, 0.6) is 0 Å². The Kier molecular flexibility index (Phi) is 4.50. The zero-order chi connectivity index (χ0) is 15.6. The van der Waals surface area contributed by atoms with Crippen LogP contribution in [0, 0.1) is 5.92 Å². The van der Waals surface area contributed by atoms with E-state index in [0.717, 1.165) is 0 Å². The molecule has 2 rings (SSSR count). The highest BCUT2D eigenvalue weighted by Crippen LogP contribution is 2.20. The summed E-state index contributed by atoms with van der Waals surface area (Å²) in [5, 5.41) is -0.0418.